The molecule has 3 aromatic rings. The number of hydrogen-bond donors (Lipinski definition) is 1. The van der Waals surface area contributed by atoms with Gasteiger partial charge in [0.15, 0.2) is 5.16 Å². The Morgan fingerprint density at radius 2 is 1.93 bits per heavy atom. The van der Waals surface area contributed by atoms with Crippen LogP contribution in [0.25, 0.3) is 0 Å². The molecule has 5 nitrogen and oxygen atoms in total. The normalized spacial score (nSPS) is 10.9. The largest absolute Gasteiger partial charge is 0.325 e. The summed E-state index contributed by atoms with van der Waals surface area (Å²) in [6.45, 7) is 4.99. The van der Waals surface area contributed by atoms with Crippen molar-refractivity contribution < 1.29 is 4.79 Å². The fourth-order valence-corrected chi connectivity index (χ4v) is 4.04. The maximum Gasteiger partial charge on any atom is 0.234 e. The molecule has 0 saturated heterocycles. The molecule has 152 valence electrons. The van der Waals surface area contributed by atoms with Gasteiger partial charge in [-0.3, -0.25) is 4.79 Å². The monoisotopic (exact) mass is 472 g/mol. The van der Waals surface area contributed by atoms with Crippen LogP contribution in [0.2, 0.25) is 0 Å². The van der Waals surface area contributed by atoms with Crippen LogP contribution < -0.4 is 5.32 Å². The molecule has 29 heavy (non-hydrogen) atoms. The van der Waals surface area contributed by atoms with Crippen molar-refractivity contribution in [1.29, 1.82) is 0 Å². The molecular formula is C22H25BrN4OS. The van der Waals surface area contributed by atoms with Gasteiger partial charge in [0.25, 0.3) is 0 Å². The van der Waals surface area contributed by atoms with Crippen molar-refractivity contribution in [1.82, 2.24) is 14.8 Å². The van der Waals surface area contributed by atoms with Crippen LogP contribution in [0, 0.1) is 6.92 Å². The Hall–Kier alpha value is -2.12. The number of rotatable bonds is 9. The number of thioether (sulfide) groups is 1. The summed E-state index contributed by atoms with van der Waals surface area (Å²) in [5.74, 6) is 1.23. The minimum atomic E-state index is -0.0476. The number of carbonyl (C=O) groups excluding carboxylic acids is 1. The Bertz CT molecular complexity index is 959. The first-order valence-electron chi connectivity index (χ1n) is 9.71. The summed E-state index contributed by atoms with van der Waals surface area (Å²) in [5.41, 5.74) is 3.17. The maximum absolute atomic E-state index is 12.4. The Balaban J connectivity index is 1.60. The van der Waals surface area contributed by atoms with Crippen LogP contribution in [0.1, 0.15) is 30.3 Å². The van der Waals surface area contributed by atoms with Crippen molar-refractivity contribution in [3.05, 3.63) is 70.0 Å². The molecule has 0 unspecified atom stereocenters. The Kier molecular flexibility index (Phi) is 7.89. The summed E-state index contributed by atoms with van der Waals surface area (Å²) in [4.78, 5) is 12.4. The van der Waals surface area contributed by atoms with Crippen LogP contribution in [-0.4, -0.2) is 26.4 Å². The molecule has 0 aliphatic carbocycles. The topological polar surface area (TPSA) is 59.8 Å². The molecule has 1 amide bonds. The van der Waals surface area contributed by atoms with Crippen LogP contribution in [0.3, 0.4) is 0 Å². The number of aromatic nitrogens is 3. The SMILES string of the molecule is CCCn1c(CCc2ccccc2)nnc1SCC(=O)Nc1ccc(Br)c(C)c1. The summed E-state index contributed by atoms with van der Waals surface area (Å²) in [5, 5.41) is 12.5. The minimum absolute atomic E-state index is 0.0476. The number of nitrogens with one attached hydrogen (secondary N) is 1. The van der Waals surface area contributed by atoms with Gasteiger partial charge in [-0.25, -0.2) is 0 Å². The smallest absolute Gasteiger partial charge is 0.234 e. The average Bonchev–Trinajstić information content (AvgIpc) is 3.10. The lowest BCUT2D eigenvalue weighted by atomic mass is 10.1. The van der Waals surface area contributed by atoms with Gasteiger partial charge in [-0.2, -0.15) is 0 Å². The number of halogens is 1. The number of benzene rings is 2. The summed E-state index contributed by atoms with van der Waals surface area (Å²) >= 11 is 4.91. The van der Waals surface area contributed by atoms with E-state index in [2.05, 4.69) is 67.2 Å². The first-order valence-corrected chi connectivity index (χ1v) is 11.5. The predicted octanol–water partition coefficient (Wildman–Crippen LogP) is 5.28. The number of aryl methyl sites for hydroxylation is 3. The van der Waals surface area contributed by atoms with Gasteiger partial charge in [0.2, 0.25) is 5.91 Å². The highest BCUT2D eigenvalue weighted by Gasteiger charge is 2.14. The van der Waals surface area contributed by atoms with E-state index >= 15 is 0 Å². The molecule has 1 N–H and O–H groups in total. The average molecular weight is 473 g/mol. The van der Waals surface area contributed by atoms with E-state index in [0.717, 1.165) is 52.5 Å². The zero-order valence-corrected chi connectivity index (χ0v) is 19.1. The van der Waals surface area contributed by atoms with Crippen LogP contribution >= 0.6 is 27.7 Å². The Morgan fingerprint density at radius 1 is 1.14 bits per heavy atom. The van der Waals surface area contributed by atoms with Gasteiger partial charge < -0.3 is 9.88 Å². The van der Waals surface area contributed by atoms with Gasteiger partial charge in [-0.15, -0.1) is 10.2 Å². The number of amides is 1. The molecule has 3 rings (SSSR count). The highest BCUT2D eigenvalue weighted by Crippen LogP contribution is 2.22. The van der Waals surface area contributed by atoms with E-state index in [1.54, 1.807) is 0 Å². The summed E-state index contributed by atoms with van der Waals surface area (Å²) < 4.78 is 3.17. The number of carbonyl (C=O) groups is 1. The van der Waals surface area contributed by atoms with Crippen molar-refractivity contribution in [2.45, 2.75) is 44.8 Å². The Morgan fingerprint density at radius 3 is 2.66 bits per heavy atom. The highest BCUT2D eigenvalue weighted by atomic mass is 79.9. The van der Waals surface area contributed by atoms with Crippen LogP contribution in [-0.2, 0) is 24.2 Å². The van der Waals surface area contributed by atoms with Crippen LogP contribution in [0.5, 0.6) is 0 Å². The van der Waals surface area contributed by atoms with E-state index in [9.17, 15) is 4.79 Å². The lowest BCUT2D eigenvalue weighted by Crippen LogP contribution is -2.15. The third-order valence-corrected chi connectivity index (χ3v) is 6.35. The Labute approximate surface area is 184 Å². The minimum Gasteiger partial charge on any atom is -0.325 e. The quantitative estimate of drug-likeness (QED) is 0.430. The van der Waals surface area contributed by atoms with Crippen LogP contribution in [0.15, 0.2) is 58.2 Å². The van der Waals surface area contributed by atoms with Crippen molar-refractivity contribution in [3.8, 4) is 0 Å². The maximum atomic E-state index is 12.4. The summed E-state index contributed by atoms with van der Waals surface area (Å²) in [6, 6.07) is 16.2. The number of anilines is 1. The molecule has 1 aromatic heterocycles. The van der Waals surface area contributed by atoms with E-state index < -0.39 is 0 Å². The second-order valence-electron chi connectivity index (χ2n) is 6.84. The van der Waals surface area contributed by atoms with E-state index in [1.807, 2.05) is 31.2 Å². The van der Waals surface area contributed by atoms with E-state index in [0.29, 0.717) is 5.75 Å². The number of hydrogen-bond acceptors (Lipinski definition) is 4. The fourth-order valence-electron chi connectivity index (χ4n) is 3.01. The van der Waals surface area contributed by atoms with E-state index in [4.69, 9.17) is 0 Å². The van der Waals surface area contributed by atoms with Crippen molar-refractivity contribution in [2.24, 2.45) is 0 Å². The molecule has 0 saturated carbocycles. The van der Waals surface area contributed by atoms with Gasteiger partial charge >= 0.3 is 0 Å². The molecule has 1 heterocycles. The second kappa shape index (κ2) is 10.6. The second-order valence-corrected chi connectivity index (χ2v) is 8.63. The molecule has 0 aliphatic rings. The first kappa shape index (κ1) is 21.6. The third kappa shape index (κ3) is 6.18. The standard InChI is InChI=1S/C22H25BrN4OS/c1-3-13-27-20(12-9-17-7-5-4-6-8-17)25-26-22(27)29-15-21(28)24-18-10-11-19(23)16(2)14-18/h4-8,10-11,14H,3,9,12-13,15H2,1-2H3,(H,24,28). The zero-order valence-electron chi connectivity index (χ0n) is 16.7. The van der Waals surface area contributed by atoms with Crippen molar-refractivity contribution in [2.75, 3.05) is 11.1 Å². The van der Waals surface area contributed by atoms with E-state index in [-0.39, 0.29) is 5.91 Å². The lowest BCUT2D eigenvalue weighted by Gasteiger charge is -2.10. The number of nitrogens with zero attached hydrogens (tertiary/aromatic N) is 3. The van der Waals surface area contributed by atoms with Gasteiger partial charge in [0.1, 0.15) is 5.82 Å². The summed E-state index contributed by atoms with van der Waals surface area (Å²) in [6.07, 6.45) is 2.76. The van der Waals surface area contributed by atoms with Gasteiger partial charge in [-0.1, -0.05) is 64.9 Å². The molecular weight excluding hydrogens is 448 g/mol. The van der Waals surface area contributed by atoms with Gasteiger partial charge in [0, 0.05) is 23.1 Å². The molecule has 0 radical (unpaired) electrons. The van der Waals surface area contributed by atoms with Crippen LogP contribution in [0.4, 0.5) is 5.69 Å². The predicted molar refractivity (Wildman–Crippen MR) is 122 cm³/mol. The molecule has 7 heteroatoms. The van der Waals surface area contributed by atoms with Crippen molar-refractivity contribution >= 4 is 39.3 Å². The van der Waals surface area contributed by atoms with E-state index in [1.165, 1.54) is 17.3 Å². The summed E-state index contributed by atoms with van der Waals surface area (Å²) in [7, 11) is 0. The molecule has 0 atom stereocenters. The fraction of sp³-hybridized carbons (Fsp3) is 0.318. The van der Waals surface area contributed by atoms with Crippen molar-refractivity contribution in [3.63, 3.8) is 0 Å². The zero-order chi connectivity index (χ0) is 20.6. The first-order chi connectivity index (χ1) is 14.1. The van der Waals surface area contributed by atoms with Gasteiger partial charge in [-0.05, 0) is 49.1 Å². The third-order valence-electron chi connectivity index (χ3n) is 4.49. The highest BCUT2D eigenvalue weighted by molar-refractivity contribution is 9.10. The van der Waals surface area contributed by atoms with Gasteiger partial charge in [0.05, 0.1) is 5.75 Å². The molecule has 0 spiro atoms. The molecule has 0 aliphatic heterocycles. The lowest BCUT2D eigenvalue weighted by molar-refractivity contribution is -0.113. The molecule has 0 bridgehead atoms. The molecule has 2 aromatic carbocycles. The molecule has 0 fully saturated rings.